The second-order valence-electron chi connectivity index (χ2n) is 4.46. The van der Waals surface area contributed by atoms with Crippen molar-refractivity contribution in [2.45, 2.75) is 26.7 Å². The topological polar surface area (TPSA) is 91.3 Å². The molecule has 3 N–H and O–H groups in total. The molecular formula is C13H19N3O3. The highest BCUT2D eigenvalue weighted by Crippen LogP contribution is 2.06. The molecule has 0 aliphatic carbocycles. The molecule has 0 radical (unpaired) electrons. The van der Waals surface area contributed by atoms with Crippen LogP contribution in [0.15, 0.2) is 18.3 Å². The van der Waals surface area contributed by atoms with E-state index in [9.17, 15) is 9.59 Å². The second-order valence-corrected chi connectivity index (χ2v) is 4.46. The summed E-state index contributed by atoms with van der Waals surface area (Å²) >= 11 is 0. The quantitative estimate of drug-likeness (QED) is 0.732. The van der Waals surface area contributed by atoms with Crippen LogP contribution >= 0.6 is 0 Å². The molecule has 0 aliphatic rings. The summed E-state index contributed by atoms with van der Waals surface area (Å²) in [5.41, 5.74) is 0.994. The normalized spacial score (nSPS) is 11.7. The van der Waals surface area contributed by atoms with Gasteiger partial charge >= 0.3 is 12.0 Å². The van der Waals surface area contributed by atoms with Gasteiger partial charge in [0.05, 0.1) is 24.0 Å². The number of nitrogens with one attached hydrogen (secondary N) is 2. The lowest BCUT2D eigenvalue weighted by Gasteiger charge is -2.11. The zero-order chi connectivity index (χ0) is 14.3. The van der Waals surface area contributed by atoms with E-state index in [4.69, 9.17) is 5.11 Å². The molecule has 1 heterocycles. The Kier molecular flexibility index (Phi) is 5.78. The fourth-order valence-electron chi connectivity index (χ4n) is 1.34. The van der Waals surface area contributed by atoms with E-state index in [1.807, 2.05) is 0 Å². The van der Waals surface area contributed by atoms with Crippen molar-refractivity contribution in [3.05, 3.63) is 24.0 Å². The first-order valence-corrected chi connectivity index (χ1v) is 6.22. The maximum atomic E-state index is 11.6. The third-order valence-corrected chi connectivity index (χ3v) is 2.72. The highest BCUT2D eigenvalue weighted by molar-refractivity contribution is 5.89. The minimum atomic E-state index is -0.931. The number of aliphatic carboxylic acids is 1. The van der Waals surface area contributed by atoms with Crippen molar-refractivity contribution < 1.29 is 14.7 Å². The van der Waals surface area contributed by atoms with Crippen LogP contribution in [0.2, 0.25) is 0 Å². The molecular weight excluding hydrogens is 246 g/mol. The largest absolute Gasteiger partial charge is 0.481 e. The van der Waals surface area contributed by atoms with E-state index in [2.05, 4.69) is 29.5 Å². The van der Waals surface area contributed by atoms with Crippen molar-refractivity contribution >= 4 is 17.7 Å². The van der Waals surface area contributed by atoms with Gasteiger partial charge in [-0.25, -0.2) is 4.79 Å². The molecule has 104 valence electrons. The lowest BCUT2D eigenvalue weighted by atomic mass is 10.1. The SMILES string of the molecule is CCC(C)CNC(=O)Nc1ccc(CC(=O)O)nc1. The standard InChI is InChI=1S/C13H19N3O3/c1-3-9(2)7-15-13(19)16-11-5-4-10(14-8-11)6-12(17)18/h4-5,8-9H,3,6-7H2,1-2H3,(H,17,18)(H2,15,16,19). The summed E-state index contributed by atoms with van der Waals surface area (Å²) in [5, 5.41) is 14.0. The van der Waals surface area contributed by atoms with Crippen LogP contribution < -0.4 is 10.6 Å². The van der Waals surface area contributed by atoms with Crippen LogP contribution in [0.4, 0.5) is 10.5 Å². The first-order chi connectivity index (χ1) is 9.01. The van der Waals surface area contributed by atoms with E-state index in [-0.39, 0.29) is 12.5 Å². The number of urea groups is 1. The van der Waals surface area contributed by atoms with Crippen molar-refractivity contribution in [3.8, 4) is 0 Å². The monoisotopic (exact) mass is 265 g/mol. The predicted octanol–water partition coefficient (Wildman–Crippen LogP) is 1.88. The van der Waals surface area contributed by atoms with Crippen molar-refractivity contribution in [3.63, 3.8) is 0 Å². The second kappa shape index (κ2) is 7.35. The minimum Gasteiger partial charge on any atom is -0.481 e. The van der Waals surface area contributed by atoms with Crippen LogP contribution in [0.1, 0.15) is 26.0 Å². The first-order valence-electron chi connectivity index (χ1n) is 6.22. The summed E-state index contributed by atoms with van der Waals surface area (Å²) in [6, 6.07) is 2.93. The maximum Gasteiger partial charge on any atom is 0.319 e. The van der Waals surface area contributed by atoms with Crippen molar-refractivity contribution in [1.82, 2.24) is 10.3 Å². The van der Waals surface area contributed by atoms with E-state index in [0.29, 0.717) is 23.8 Å². The van der Waals surface area contributed by atoms with E-state index in [1.165, 1.54) is 6.20 Å². The number of carboxylic acid groups (broad SMARTS) is 1. The molecule has 2 amide bonds. The number of pyridine rings is 1. The van der Waals surface area contributed by atoms with E-state index < -0.39 is 5.97 Å². The summed E-state index contributed by atoms with van der Waals surface area (Å²) < 4.78 is 0. The Hall–Kier alpha value is -2.11. The van der Waals surface area contributed by atoms with Gasteiger partial charge in [-0.2, -0.15) is 0 Å². The fraction of sp³-hybridized carbons (Fsp3) is 0.462. The summed E-state index contributed by atoms with van der Waals surface area (Å²) in [7, 11) is 0. The number of carboxylic acids is 1. The van der Waals surface area contributed by atoms with Gasteiger partial charge in [-0.05, 0) is 18.1 Å². The molecule has 0 spiro atoms. The van der Waals surface area contributed by atoms with Gasteiger partial charge in [0.15, 0.2) is 0 Å². The summed E-state index contributed by atoms with van der Waals surface area (Å²) in [5.74, 6) is -0.499. The lowest BCUT2D eigenvalue weighted by Crippen LogP contribution is -2.32. The van der Waals surface area contributed by atoms with Crippen molar-refractivity contribution in [1.29, 1.82) is 0 Å². The number of carbonyl (C=O) groups is 2. The molecule has 6 heteroatoms. The van der Waals surface area contributed by atoms with E-state index in [1.54, 1.807) is 12.1 Å². The molecule has 0 saturated heterocycles. The van der Waals surface area contributed by atoms with Crippen molar-refractivity contribution in [2.24, 2.45) is 5.92 Å². The number of amides is 2. The zero-order valence-electron chi connectivity index (χ0n) is 11.1. The molecule has 0 aromatic carbocycles. The maximum absolute atomic E-state index is 11.6. The number of anilines is 1. The fourth-order valence-corrected chi connectivity index (χ4v) is 1.34. The number of rotatable bonds is 6. The number of hydrogen-bond acceptors (Lipinski definition) is 3. The molecule has 1 aromatic heterocycles. The number of carbonyl (C=O) groups excluding carboxylic acids is 1. The van der Waals surface area contributed by atoms with Crippen LogP contribution in [0, 0.1) is 5.92 Å². The number of hydrogen-bond donors (Lipinski definition) is 3. The molecule has 1 atom stereocenters. The number of nitrogens with zero attached hydrogens (tertiary/aromatic N) is 1. The van der Waals surface area contributed by atoms with Crippen LogP contribution in [-0.2, 0) is 11.2 Å². The molecule has 1 unspecified atom stereocenters. The average Bonchev–Trinajstić information content (AvgIpc) is 2.37. The Morgan fingerprint density at radius 3 is 2.68 bits per heavy atom. The third-order valence-electron chi connectivity index (χ3n) is 2.72. The van der Waals surface area contributed by atoms with Crippen LogP contribution in [0.3, 0.4) is 0 Å². The molecule has 1 rings (SSSR count). The third kappa shape index (κ3) is 5.85. The molecule has 1 aromatic rings. The molecule has 0 bridgehead atoms. The molecule has 6 nitrogen and oxygen atoms in total. The zero-order valence-corrected chi connectivity index (χ0v) is 11.1. The van der Waals surface area contributed by atoms with Gasteiger partial charge in [-0.1, -0.05) is 20.3 Å². The van der Waals surface area contributed by atoms with Gasteiger partial charge < -0.3 is 15.7 Å². The predicted molar refractivity (Wildman–Crippen MR) is 72.1 cm³/mol. The Balaban J connectivity index is 2.44. The van der Waals surface area contributed by atoms with Crippen LogP contribution in [0.25, 0.3) is 0 Å². The Labute approximate surface area is 112 Å². The van der Waals surface area contributed by atoms with Gasteiger partial charge in [0.1, 0.15) is 0 Å². The van der Waals surface area contributed by atoms with Gasteiger partial charge in [0.25, 0.3) is 0 Å². The Bertz CT molecular complexity index is 431. The summed E-state index contributed by atoms with van der Waals surface area (Å²) in [6.45, 7) is 4.74. The van der Waals surface area contributed by atoms with E-state index in [0.717, 1.165) is 6.42 Å². The average molecular weight is 265 g/mol. The van der Waals surface area contributed by atoms with Crippen LogP contribution in [0.5, 0.6) is 0 Å². The van der Waals surface area contributed by atoms with Crippen molar-refractivity contribution in [2.75, 3.05) is 11.9 Å². The molecule has 0 saturated carbocycles. The Morgan fingerprint density at radius 2 is 2.16 bits per heavy atom. The van der Waals surface area contributed by atoms with Gasteiger partial charge in [-0.3, -0.25) is 9.78 Å². The number of aromatic nitrogens is 1. The Morgan fingerprint density at radius 1 is 1.42 bits per heavy atom. The van der Waals surface area contributed by atoms with Gasteiger partial charge in [-0.15, -0.1) is 0 Å². The molecule has 0 fully saturated rings. The first kappa shape index (κ1) is 14.9. The highest BCUT2D eigenvalue weighted by Gasteiger charge is 2.05. The minimum absolute atomic E-state index is 0.125. The van der Waals surface area contributed by atoms with Gasteiger partial charge in [0.2, 0.25) is 0 Å². The summed E-state index contributed by atoms with van der Waals surface area (Å²) in [6.07, 6.45) is 2.33. The van der Waals surface area contributed by atoms with E-state index >= 15 is 0 Å². The molecule has 0 aliphatic heterocycles. The lowest BCUT2D eigenvalue weighted by molar-refractivity contribution is -0.136. The van der Waals surface area contributed by atoms with Gasteiger partial charge in [0, 0.05) is 6.54 Å². The summed E-state index contributed by atoms with van der Waals surface area (Å²) in [4.78, 5) is 26.0. The van der Waals surface area contributed by atoms with Crippen LogP contribution in [-0.4, -0.2) is 28.6 Å². The smallest absolute Gasteiger partial charge is 0.319 e. The highest BCUT2D eigenvalue weighted by atomic mass is 16.4. The molecule has 19 heavy (non-hydrogen) atoms.